The molecule has 46 heavy (non-hydrogen) atoms. The number of carboxylic acids is 1. The Morgan fingerprint density at radius 3 is 1.28 bits per heavy atom. The summed E-state index contributed by atoms with van der Waals surface area (Å²) in [6.45, 7) is -2.68. The van der Waals surface area contributed by atoms with Crippen molar-refractivity contribution < 1.29 is 109 Å². The number of hydrogen-bond donors (Lipinski definition) is 14. The lowest BCUT2D eigenvalue weighted by atomic mass is 9.95. The van der Waals surface area contributed by atoms with Crippen LogP contribution in [0.1, 0.15) is 0 Å². The van der Waals surface area contributed by atoms with Gasteiger partial charge < -0.3 is 105 Å². The summed E-state index contributed by atoms with van der Waals surface area (Å²) in [5.41, 5.74) is 0. The molecule has 0 aromatic carbocycles. The fourth-order valence-electron chi connectivity index (χ4n) is 5.47. The number of aliphatic hydroxyl groups is 13. The van der Waals surface area contributed by atoms with Crippen LogP contribution in [0.3, 0.4) is 0 Å². The Morgan fingerprint density at radius 1 is 0.457 bits per heavy atom. The first-order chi connectivity index (χ1) is 21.7. The lowest BCUT2D eigenvalue weighted by molar-refractivity contribution is -0.394. The smallest absolute Gasteiger partial charge is 0.335 e. The maximum Gasteiger partial charge on any atom is 0.335 e. The van der Waals surface area contributed by atoms with E-state index >= 15 is 0 Å². The Balaban J connectivity index is 1.60. The fourth-order valence-corrected chi connectivity index (χ4v) is 5.47. The standard InChI is InChI=1S/C24H40O22/c25-1-4-7(28)10(31)13(34)22(40-4)45-17-15(36)16(19(20(37)38)43-21(17)39)44-24-18(12(33)9(30)6(3-27)42-24)46-23-14(35)11(32)8(29)5(2-26)41-23/h4-19,21-36,39H,1-3H2,(H,37,38)/t4-,5-,6-,7+,8-,9+,10+,11+,12+,13-,14-,15+,16+,17-,18-,19+,21?,22-,23+,24+/m1/s1. The van der Waals surface area contributed by atoms with Gasteiger partial charge in [-0.3, -0.25) is 0 Å². The minimum Gasteiger partial charge on any atom is -0.479 e. The predicted octanol–water partition coefficient (Wildman–Crippen LogP) is -9.66. The molecule has 22 heteroatoms. The summed E-state index contributed by atoms with van der Waals surface area (Å²) >= 11 is 0. The highest BCUT2D eigenvalue weighted by Crippen LogP contribution is 2.34. The van der Waals surface area contributed by atoms with Crippen LogP contribution in [0.25, 0.3) is 0 Å². The van der Waals surface area contributed by atoms with E-state index in [2.05, 4.69) is 0 Å². The van der Waals surface area contributed by atoms with Gasteiger partial charge in [0.15, 0.2) is 31.3 Å². The number of carbonyl (C=O) groups is 1. The van der Waals surface area contributed by atoms with Crippen molar-refractivity contribution >= 4 is 5.97 Å². The molecule has 4 heterocycles. The Hall–Kier alpha value is -1.33. The third kappa shape index (κ3) is 7.31. The Labute approximate surface area is 258 Å². The first-order valence-corrected chi connectivity index (χ1v) is 14.1. The van der Waals surface area contributed by atoms with Gasteiger partial charge in [-0.15, -0.1) is 0 Å². The predicted molar refractivity (Wildman–Crippen MR) is 134 cm³/mol. The van der Waals surface area contributed by atoms with E-state index in [1.165, 1.54) is 0 Å². The van der Waals surface area contributed by atoms with Crippen molar-refractivity contribution in [3.8, 4) is 0 Å². The largest absolute Gasteiger partial charge is 0.479 e. The van der Waals surface area contributed by atoms with Crippen LogP contribution < -0.4 is 0 Å². The number of aliphatic carboxylic acids is 1. The van der Waals surface area contributed by atoms with E-state index < -0.39 is 149 Å². The molecule has 0 aromatic rings. The molecule has 4 saturated heterocycles. The van der Waals surface area contributed by atoms with E-state index in [0.29, 0.717) is 0 Å². The van der Waals surface area contributed by atoms with Crippen molar-refractivity contribution in [3.05, 3.63) is 0 Å². The summed E-state index contributed by atoms with van der Waals surface area (Å²) in [4.78, 5) is 12.1. The molecule has 4 aliphatic rings. The van der Waals surface area contributed by atoms with Crippen molar-refractivity contribution in [2.75, 3.05) is 19.8 Å². The van der Waals surface area contributed by atoms with Crippen LogP contribution in [0.15, 0.2) is 0 Å². The van der Waals surface area contributed by atoms with Gasteiger partial charge in [0.25, 0.3) is 0 Å². The Bertz CT molecular complexity index is 988. The first-order valence-electron chi connectivity index (χ1n) is 14.1. The molecule has 22 nitrogen and oxygen atoms in total. The third-order valence-electron chi connectivity index (χ3n) is 8.18. The SMILES string of the molecule is O=C(O)[C@H]1OC(O)[C@H](O[C@H]2O[C@H](CO)[C@H](O)[C@H](O)[C@H]2O)[C@@H](O)[C@@H]1O[C@@H]1O[C@H](CO)[C@H](O)[C@H](O)[C@H]1O[C@@H]1O[C@H](CO)[C@@H](O)[C@H](O)[C@H]1O. The molecule has 0 saturated carbocycles. The van der Waals surface area contributed by atoms with E-state index in [1.807, 2.05) is 0 Å². The van der Waals surface area contributed by atoms with Gasteiger partial charge in [-0.2, -0.15) is 0 Å². The minimum atomic E-state index is -2.27. The van der Waals surface area contributed by atoms with E-state index in [9.17, 15) is 76.3 Å². The minimum absolute atomic E-state index is 0.862. The first kappa shape index (κ1) is 37.5. The van der Waals surface area contributed by atoms with Crippen LogP contribution in [0.2, 0.25) is 0 Å². The van der Waals surface area contributed by atoms with Gasteiger partial charge in [-0.25, -0.2) is 4.79 Å². The average molecular weight is 681 g/mol. The van der Waals surface area contributed by atoms with Crippen LogP contribution in [0, 0.1) is 0 Å². The molecule has 20 atom stereocenters. The van der Waals surface area contributed by atoms with Gasteiger partial charge in [-0.05, 0) is 0 Å². The van der Waals surface area contributed by atoms with Gasteiger partial charge in [0, 0.05) is 0 Å². The zero-order chi connectivity index (χ0) is 34.2. The third-order valence-corrected chi connectivity index (χ3v) is 8.18. The van der Waals surface area contributed by atoms with Crippen LogP contribution in [0.4, 0.5) is 0 Å². The second-order valence-electron chi connectivity index (χ2n) is 11.2. The van der Waals surface area contributed by atoms with Crippen LogP contribution in [0.5, 0.6) is 0 Å². The summed E-state index contributed by atoms with van der Waals surface area (Å²) in [6.07, 6.45) is -39.0. The summed E-state index contributed by atoms with van der Waals surface area (Å²) in [7, 11) is 0. The quantitative estimate of drug-likeness (QED) is 0.102. The topological polar surface area (TPSA) is 365 Å². The number of hydrogen-bond acceptors (Lipinski definition) is 21. The second kappa shape index (κ2) is 15.5. The van der Waals surface area contributed by atoms with Crippen molar-refractivity contribution in [2.24, 2.45) is 0 Å². The lowest BCUT2D eigenvalue weighted by Crippen LogP contribution is -2.68. The number of aliphatic hydroxyl groups excluding tert-OH is 13. The molecule has 4 rings (SSSR count). The second-order valence-corrected chi connectivity index (χ2v) is 11.2. The highest BCUT2D eigenvalue weighted by Gasteiger charge is 2.56. The molecular formula is C24H40O22. The van der Waals surface area contributed by atoms with E-state index in [0.717, 1.165) is 0 Å². The van der Waals surface area contributed by atoms with Crippen LogP contribution in [-0.4, -0.2) is 220 Å². The highest BCUT2D eigenvalue weighted by atomic mass is 16.8. The summed E-state index contributed by atoms with van der Waals surface area (Å²) < 4.78 is 37.5. The monoisotopic (exact) mass is 680 g/mol. The molecule has 0 aromatic heterocycles. The van der Waals surface area contributed by atoms with Crippen LogP contribution >= 0.6 is 0 Å². The summed E-state index contributed by atoms with van der Waals surface area (Å²) in [5, 5.41) is 142. The maximum absolute atomic E-state index is 12.1. The number of ether oxygens (including phenoxy) is 7. The van der Waals surface area contributed by atoms with Crippen molar-refractivity contribution in [2.45, 2.75) is 123 Å². The molecule has 0 spiro atoms. The van der Waals surface area contributed by atoms with Crippen LogP contribution in [-0.2, 0) is 38.0 Å². The molecule has 0 radical (unpaired) electrons. The molecule has 0 aliphatic carbocycles. The molecule has 0 bridgehead atoms. The van der Waals surface area contributed by atoms with E-state index in [4.69, 9.17) is 33.2 Å². The number of rotatable bonds is 10. The highest BCUT2D eigenvalue weighted by molar-refractivity contribution is 5.73. The molecular weight excluding hydrogens is 640 g/mol. The molecule has 4 aliphatic heterocycles. The van der Waals surface area contributed by atoms with Gasteiger partial charge in [0.2, 0.25) is 0 Å². The van der Waals surface area contributed by atoms with Crippen molar-refractivity contribution in [1.29, 1.82) is 0 Å². The summed E-state index contributed by atoms with van der Waals surface area (Å²) in [5.74, 6) is -1.82. The van der Waals surface area contributed by atoms with Crippen molar-refractivity contribution in [3.63, 3.8) is 0 Å². The Morgan fingerprint density at radius 2 is 0.848 bits per heavy atom. The van der Waals surface area contributed by atoms with Gasteiger partial charge in [-0.1, -0.05) is 0 Å². The zero-order valence-electron chi connectivity index (χ0n) is 23.7. The molecule has 14 N–H and O–H groups in total. The van der Waals surface area contributed by atoms with Crippen molar-refractivity contribution in [1.82, 2.24) is 0 Å². The molecule has 0 amide bonds. The maximum atomic E-state index is 12.1. The molecule has 268 valence electrons. The molecule has 1 unspecified atom stereocenters. The average Bonchev–Trinajstić information content (AvgIpc) is 3.03. The number of carboxylic acid groups (broad SMARTS) is 1. The lowest BCUT2D eigenvalue weighted by Gasteiger charge is -2.48. The van der Waals surface area contributed by atoms with Gasteiger partial charge >= 0.3 is 5.97 Å². The Kier molecular flexibility index (Phi) is 12.6. The van der Waals surface area contributed by atoms with Gasteiger partial charge in [0.05, 0.1) is 19.8 Å². The molecule has 4 fully saturated rings. The fraction of sp³-hybridized carbons (Fsp3) is 0.958. The van der Waals surface area contributed by atoms with E-state index in [-0.39, 0.29) is 0 Å². The zero-order valence-corrected chi connectivity index (χ0v) is 23.7. The summed E-state index contributed by atoms with van der Waals surface area (Å²) in [6, 6.07) is 0. The van der Waals surface area contributed by atoms with E-state index in [1.54, 1.807) is 0 Å². The normalized spacial score (nSPS) is 51.9. The van der Waals surface area contributed by atoms with Gasteiger partial charge in [0.1, 0.15) is 91.6 Å².